The van der Waals surface area contributed by atoms with Gasteiger partial charge in [-0.3, -0.25) is 4.79 Å². The van der Waals surface area contributed by atoms with Crippen molar-refractivity contribution < 1.29 is 14.3 Å². The summed E-state index contributed by atoms with van der Waals surface area (Å²) in [4.78, 5) is 20.4. The lowest BCUT2D eigenvalue weighted by atomic mass is 10.1. The molecule has 0 bridgehead atoms. The minimum Gasteiger partial charge on any atom is -0.497 e. The highest BCUT2D eigenvalue weighted by atomic mass is 32.2. The van der Waals surface area contributed by atoms with Gasteiger partial charge in [0.05, 0.1) is 22.9 Å². The number of nitrogens with zero attached hydrogens (tertiary/aromatic N) is 2. The van der Waals surface area contributed by atoms with Crippen LogP contribution in [-0.2, 0) is 0 Å². The van der Waals surface area contributed by atoms with E-state index >= 15 is 0 Å². The van der Waals surface area contributed by atoms with Crippen LogP contribution < -0.4 is 9.47 Å². The first-order valence-electron chi connectivity index (χ1n) is 9.21. The Kier molecular flexibility index (Phi) is 5.73. The van der Waals surface area contributed by atoms with Crippen LogP contribution in [0.1, 0.15) is 23.2 Å². The molecule has 1 aliphatic rings. The van der Waals surface area contributed by atoms with Crippen molar-refractivity contribution in [2.75, 3.05) is 26.5 Å². The van der Waals surface area contributed by atoms with E-state index in [2.05, 4.69) is 4.98 Å². The Bertz CT molecular complexity index is 981. The maximum absolute atomic E-state index is 12.9. The van der Waals surface area contributed by atoms with Crippen LogP contribution in [0.3, 0.4) is 0 Å². The molecule has 1 fully saturated rings. The maximum atomic E-state index is 12.9. The quantitative estimate of drug-likeness (QED) is 0.566. The van der Waals surface area contributed by atoms with E-state index in [9.17, 15) is 4.79 Å². The number of ether oxygens (including phenoxy) is 2. The molecule has 2 heterocycles. The van der Waals surface area contributed by atoms with Crippen molar-refractivity contribution in [1.82, 2.24) is 9.88 Å². The van der Waals surface area contributed by atoms with Crippen LogP contribution in [-0.4, -0.2) is 48.4 Å². The molecule has 0 N–H and O–H groups in total. The number of carbonyl (C=O) groups excluding carboxylic acids is 1. The van der Waals surface area contributed by atoms with Gasteiger partial charge in [0.2, 0.25) is 0 Å². The normalized spacial score (nSPS) is 15.0. The number of benzene rings is 2. The smallest absolute Gasteiger partial charge is 0.274 e. The molecule has 28 heavy (non-hydrogen) atoms. The summed E-state index contributed by atoms with van der Waals surface area (Å²) in [5.74, 6) is 0.900. The summed E-state index contributed by atoms with van der Waals surface area (Å²) >= 11 is 3.15. The Labute approximate surface area is 172 Å². The zero-order chi connectivity index (χ0) is 19.5. The number of carbonyl (C=O) groups is 1. The van der Waals surface area contributed by atoms with E-state index in [0.717, 1.165) is 39.3 Å². The molecule has 7 heteroatoms. The van der Waals surface area contributed by atoms with Crippen LogP contribution in [0, 0.1) is 0 Å². The molecule has 1 amide bonds. The Morgan fingerprint density at radius 3 is 2.75 bits per heavy atom. The molecule has 0 aliphatic carbocycles. The highest BCUT2D eigenvalue weighted by Gasteiger charge is 2.26. The minimum atomic E-state index is 0.0855. The zero-order valence-electron chi connectivity index (χ0n) is 15.9. The second-order valence-electron chi connectivity index (χ2n) is 6.62. The Morgan fingerprint density at radius 2 is 2.00 bits per heavy atom. The van der Waals surface area contributed by atoms with Gasteiger partial charge in [-0.1, -0.05) is 23.5 Å². The largest absolute Gasteiger partial charge is 0.497 e. The number of hydrogen-bond donors (Lipinski definition) is 0. The molecular formula is C21H22N2O3S2. The fourth-order valence-electron chi connectivity index (χ4n) is 3.37. The molecule has 146 valence electrons. The molecule has 4 rings (SSSR count). The van der Waals surface area contributed by atoms with E-state index in [1.165, 1.54) is 0 Å². The third kappa shape index (κ3) is 3.95. The number of thioether (sulfide) groups is 1. The van der Waals surface area contributed by atoms with E-state index in [-0.39, 0.29) is 12.0 Å². The second-order valence-corrected chi connectivity index (χ2v) is 8.46. The predicted octanol–water partition coefficient (Wildman–Crippen LogP) is 4.71. The van der Waals surface area contributed by atoms with Gasteiger partial charge in [-0.25, -0.2) is 4.98 Å². The van der Waals surface area contributed by atoms with Crippen LogP contribution in [0.15, 0.2) is 47.4 Å². The van der Waals surface area contributed by atoms with Crippen molar-refractivity contribution in [2.45, 2.75) is 23.8 Å². The van der Waals surface area contributed by atoms with Crippen molar-refractivity contribution in [3.05, 3.63) is 48.0 Å². The van der Waals surface area contributed by atoms with Crippen molar-refractivity contribution in [1.29, 1.82) is 0 Å². The van der Waals surface area contributed by atoms with E-state index in [1.807, 2.05) is 53.6 Å². The van der Waals surface area contributed by atoms with E-state index in [0.29, 0.717) is 18.3 Å². The van der Waals surface area contributed by atoms with Crippen molar-refractivity contribution in [3.8, 4) is 10.9 Å². The van der Waals surface area contributed by atoms with Gasteiger partial charge in [-0.15, -0.1) is 11.8 Å². The van der Waals surface area contributed by atoms with Gasteiger partial charge in [-0.05, 0) is 30.5 Å². The summed E-state index contributed by atoms with van der Waals surface area (Å²) in [6, 6.07) is 13.6. The monoisotopic (exact) mass is 414 g/mol. The van der Waals surface area contributed by atoms with Gasteiger partial charge >= 0.3 is 0 Å². The molecule has 0 atom stereocenters. The number of likely N-dealkylation sites (tertiary alicyclic amines) is 1. The number of aromatic nitrogens is 1. The lowest BCUT2D eigenvalue weighted by Crippen LogP contribution is -2.41. The first-order chi connectivity index (χ1) is 13.7. The number of amides is 1. The summed E-state index contributed by atoms with van der Waals surface area (Å²) in [5.41, 5.74) is 1.68. The van der Waals surface area contributed by atoms with E-state index < -0.39 is 0 Å². The topological polar surface area (TPSA) is 51.7 Å². The molecule has 2 aromatic carbocycles. The van der Waals surface area contributed by atoms with Crippen molar-refractivity contribution in [2.24, 2.45) is 0 Å². The molecule has 1 aromatic heterocycles. The number of methoxy groups -OCH3 is 1. The molecular weight excluding hydrogens is 392 g/mol. The average molecular weight is 415 g/mol. The first kappa shape index (κ1) is 19.1. The van der Waals surface area contributed by atoms with Crippen LogP contribution in [0.25, 0.3) is 10.2 Å². The molecule has 1 aliphatic heterocycles. The number of piperidine rings is 1. The molecule has 0 saturated carbocycles. The summed E-state index contributed by atoms with van der Waals surface area (Å²) in [7, 11) is 1.65. The molecule has 1 saturated heterocycles. The standard InChI is InChI=1S/C21H22N2O3S2/c1-25-15-7-8-19-17(13-15)22-21(28-19)26-14-9-11-23(12-10-14)20(24)16-5-3-4-6-18(16)27-2/h3-8,13-14H,9-12H2,1-2H3. The zero-order valence-corrected chi connectivity index (χ0v) is 17.5. The average Bonchev–Trinajstić information content (AvgIpc) is 3.15. The fourth-order valence-corrected chi connectivity index (χ4v) is 4.83. The van der Waals surface area contributed by atoms with Gasteiger partial charge in [0, 0.05) is 36.9 Å². The summed E-state index contributed by atoms with van der Waals surface area (Å²) in [5, 5.41) is 0.681. The molecule has 5 nitrogen and oxygen atoms in total. The predicted molar refractivity (Wildman–Crippen MR) is 114 cm³/mol. The highest BCUT2D eigenvalue weighted by Crippen LogP contribution is 2.32. The Morgan fingerprint density at radius 1 is 1.21 bits per heavy atom. The summed E-state index contributed by atoms with van der Waals surface area (Å²) in [6.07, 6.45) is 3.71. The van der Waals surface area contributed by atoms with E-state index in [1.54, 1.807) is 30.2 Å². The number of hydrogen-bond acceptors (Lipinski definition) is 6. The Hall–Kier alpha value is -2.25. The first-order valence-corrected chi connectivity index (χ1v) is 11.3. The lowest BCUT2D eigenvalue weighted by Gasteiger charge is -2.32. The molecule has 0 radical (unpaired) electrons. The number of thiazole rings is 1. The van der Waals surface area contributed by atoms with Crippen molar-refractivity contribution in [3.63, 3.8) is 0 Å². The van der Waals surface area contributed by atoms with Gasteiger partial charge in [0.1, 0.15) is 11.9 Å². The number of rotatable bonds is 5. The van der Waals surface area contributed by atoms with Crippen LogP contribution in [0.4, 0.5) is 0 Å². The van der Waals surface area contributed by atoms with Crippen molar-refractivity contribution >= 4 is 39.2 Å². The third-order valence-electron chi connectivity index (χ3n) is 4.91. The molecule has 0 unspecified atom stereocenters. The summed E-state index contributed by atoms with van der Waals surface area (Å²) in [6.45, 7) is 1.40. The van der Waals surface area contributed by atoms with Crippen LogP contribution in [0.2, 0.25) is 0 Å². The maximum Gasteiger partial charge on any atom is 0.274 e. The Balaban J connectivity index is 1.38. The SMILES string of the molecule is COc1ccc2sc(OC3CCN(C(=O)c4ccccc4SC)CC3)nc2c1. The lowest BCUT2D eigenvalue weighted by molar-refractivity contribution is 0.0592. The highest BCUT2D eigenvalue weighted by molar-refractivity contribution is 7.98. The minimum absolute atomic E-state index is 0.0855. The van der Waals surface area contributed by atoms with Gasteiger partial charge in [0.25, 0.3) is 11.1 Å². The van der Waals surface area contributed by atoms with Gasteiger partial charge in [-0.2, -0.15) is 0 Å². The third-order valence-corrected chi connectivity index (χ3v) is 6.63. The van der Waals surface area contributed by atoms with Gasteiger partial charge in [0.15, 0.2) is 0 Å². The molecule has 0 spiro atoms. The second kappa shape index (κ2) is 8.41. The van der Waals surface area contributed by atoms with Crippen LogP contribution in [0.5, 0.6) is 10.9 Å². The van der Waals surface area contributed by atoms with Crippen LogP contribution >= 0.6 is 23.1 Å². The molecule has 3 aromatic rings. The van der Waals surface area contributed by atoms with E-state index in [4.69, 9.17) is 9.47 Å². The summed E-state index contributed by atoms with van der Waals surface area (Å²) < 4.78 is 12.5. The van der Waals surface area contributed by atoms with Gasteiger partial charge < -0.3 is 14.4 Å². The number of fused-ring (bicyclic) bond motifs is 1. The fraction of sp³-hybridized carbons (Fsp3) is 0.333.